The average molecular weight is 365 g/mol. The molecular formula is C20H16FN3O3. The number of nitrogens with zero attached hydrogens (tertiary/aromatic N) is 1. The van der Waals surface area contributed by atoms with Gasteiger partial charge in [0, 0.05) is 11.8 Å². The Kier molecular flexibility index (Phi) is 5.41. The average Bonchev–Trinajstić information content (AvgIpc) is 2.70. The molecule has 0 saturated heterocycles. The summed E-state index contributed by atoms with van der Waals surface area (Å²) in [6.45, 7) is 0.191. The molecule has 0 aliphatic carbocycles. The maximum atomic E-state index is 13.0. The van der Waals surface area contributed by atoms with Crippen LogP contribution in [-0.4, -0.2) is 16.4 Å². The molecule has 6 nitrogen and oxygen atoms in total. The van der Waals surface area contributed by atoms with Crippen molar-refractivity contribution in [2.75, 3.05) is 0 Å². The van der Waals surface area contributed by atoms with Crippen molar-refractivity contribution in [1.82, 2.24) is 15.4 Å². The SMILES string of the molecule is O=C(NNC(=O)c1cccn(Cc2ccc(F)cc2)c1=O)c1ccccc1. The lowest BCUT2D eigenvalue weighted by Gasteiger charge is -2.10. The van der Waals surface area contributed by atoms with Crippen LogP contribution in [0.4, 0.5) is 4.39 Å². The molecule has 2 aromatic carbocycles. The minimum atomic E-state index is -0.724. The molecule has 0 unspecified atom stereocenters. The molecule has 0 spiro atoms. The zero-order valence-electron chi connectivity index (χ0n) is 14.2. The molecule has 27 heavy (non-hydrogen) atoms. The van der Waals surface area contributed by atoms with Crippen LogP contribution in [0.2, 0.25) is 0 Å². The number of amides is 2. The highest BCUT2D eigenvalue weighted by molar-refractivity contribution is 5.98. The van der Waals surface area contributed by atoms with Crippen LogP contribution < -0.4 is 16.4 Å². The van der Waals surface area contributed by atoms with E-state index in [1.807, 2.05) is 0 Å². The molecule has 0 atom stereocenters. The number of nitrogens with one attached hydrogen (secondary N) is 2. The quantitative estimate of drug-likeness (QED) is 0.695. The zero-order valence-corrected chi connectivity index (χ0v) is 14.2. The van der Waals surface area contributed by atoms with Gasteiger partial charge in [0.25, 0.3) is 17.4 Å². The first kappa shape index (κ1) is 18.1. The second kappa shape index (κ2) is 8.09. The molecule has 0 aliphatic heterocycles. The molecule has 0 aliphatic rings. The smallest absolute Gasteiger partial charge is 0.275 e. The fourth-order valence-electron chi connectivity index (χ4n) is 2.46. The Balaban J connectivity index is 1.71. The van der Waals surface area contributed by atoms with E-state index in [1.54, 1.807) is 48.5 Å². The molecule has 0 radical (unpaired) electrons. The number of pyridine rings is 1. The van der Waals surface area contributed by atoms with Crippen molar-refractivity contribution in [3.05, 3.63) is 106 Å². The Morgan fingerprint density at radius 1 is 0.852 bits per heavy atom. The van der Waals surface area contributed by atoms with Crippen molar-refractivity contribution < 1.29 is 14.0 Å². The third-order valence-corrected chi connectivity index (χ3v) is 3.86. The van der Waals surface area contributed by atoms with Gasteiger partial charge in [-0.15, -0.1) is 0 Å². The van der Waals surface area contributed by atoms with E-state index in [1.165, 1.54) is 29.0 Å². The fraction of sp³-hybridized carbons (Fsp3) is 0.0500. The van der Waals surface area contributed by atoms with Gasteiger partial charge in [-0.05, 0) is 42.0 Å². The van der Waals surface area contributed by atoms with Crippen molar-refractivity contribution in [2.24, 2.45) is 0 Å². The van der Waals surface area contributed by atoms with Gasteiger partial charge in [0.2, 0.25) is 0 Å². The number of hydrazine groups is 1. The first-order chi connectivity index (χ1) is 13.0. The monoisotopic (exact) mass is 365 g/mol. The van der Waals surface area contributed by atoms with Gasteiger partial charge in [-0.3, -0.25) is 25.2 Å². The zero-order chi connectivity index (χ0) is 19.2. The van der Waals surface area contributed by atoms with Crippen LogP contribution in [0.3, 0.4) is 0 Å². The molecule has 1 aromatic heterocycles. The number of carbonyl (C=O) groups is 2. The van der Waals surface area contributed by atoms with Gasteiger partial charge in [0.1, 0.15) is 11.4 Å². The number of hydrogen-bond acceptors (Lipinski definition) is 3. The molecule has 3 rings (SSSR count). The summed E-state index contributed by atoms with van der Waals surface area (Å²) in [5, 5.41) is 0. The van der Waals surface area contributed by atoms with Gasteiger partial charge >= 0.3 is 0 Å². The summed E-state index contributed by atoms with van der Waals surface area (Å²) in [6, 6.07) is 17.0. The summed E-state index contributed by atoms with van der Waals surface area (Å²) >= 11 is 0. The van der Waals surface area contributed by atoms with Gasteiger partial charge in [0.15, 0.2) is 0 Å². The summed E-state index contributed by atoms with van der Waals surface area (Å²) in [4.78, 5) is 36.7. The van der Waals surface area contributed by atoms with E-state index in [-0.39, 0.29) is 17.9 Å². The van der Waals surface area contributed by atoms with E-state index in [0.29, 0.717) is 11.1 Å². The van der Waals surface area contributed by atoms with Crippen LogP contribution >= 0.6 is 0 Å². The van der Waals surface area contributed by atoms with Crippen molar-refractivity contribution >= 4 is 11.8 Å². The highest BCUT2D eigenvalue weighted by atomic mass is 19.1. The van der Waals surface area contributed by atoms with Crippen LogP contribution in [0.5, 0.6) is 0 Å². The molecule has 136 valence electrons. The Morgan fingerprint density at radius 2 is 1.52 bits per heavy atom. The van der Waals surface area contributed by atoms with Crippen LogP contribution in [-0.2, 0) is 6.54 Å². The van der Waals surface area contributed by atoms with E-state index in [4.69, 9.17) is 0 Å². The molecule has 7 heteroatoms. The van der Waals surface area contributed by atoms with Crippen molar-refractivity contribution in [3.8, 4) is 0 Å². The van der Waals surface area contributed by atoms with Gasteiger partial charge in [-0.1, -0.05) is 30.3 Å². The number of benzene rings is 2. The Labute approximate surface area is 154 Å². The molecular weight excluding hydrogens is 349 g/mol. The van der Waals surface area contributed by atoms with Crippen molar-refractivity contribution in [2.45, 2.75) is 6.54 Å². The lowest BCUT2D eigenvalue weighted by molar-refractivity contribution is 0.0845. The third-order valence-electron chi connectivity index (χ3n) is 3.86. The van der Waals surface area contributed by atoms with Crippen LogP contribution in [0, 0.1) is 5.82 Å². The second-order valence-corrected chi connectivity index (χ2v) is 5.76. The van der Waals surface area contributed by atoms with Gasteiger partial charge in [-0.2, -0.15) is 0 Å². The number of aromatic nitrogens is 1. The van der Waals surface area contributed by atoms with Gasteiger partial charge in [-0.25, -0.2) is 4.39 Å². The lowest BCUT2D eigenvalue weighted by atomic mass is 10.2. The van der Waals surface area contributed by atoms with Crippen LogP contribution in [0.1, 0.15) is 26.3 Å². The number of halogens is 1. The highest BCUT2D eigenvalue weighted by Crippen LogP contribution is 2.04. The van der Waals surface area contributed by atoms with Crippen molar-refractivity contribution in [3.63, 3.8) is 0 Å². The fourth-order valence-corrected chi connectivity index (χ4v) is 2.46. The topological polar surface area (TPSA) is 80.2 Å². The molecule has 0 saturated carbocycles. The summed E-state index contributed by atoms with van der Waals surface area (Å²) in [5.41, 5.74) is 4.96. The molecule has 1 heterocycles. The number of hydrogen-bond donors (Lipinski definition) is 2. The maximum absolute atomic E-state index is 13.0. The predicted octanol–water partition coefficient (Wildman–Crippen LogP) is 2.11. The second-order valence-electron chi connectivity index (χ2n) is 5.76. The standard InChI is InChI=1S/C20H16FN3O3/c21-16-10-8-14(9-11-16)13-24-12-4-7-17(20(24)27)19(26)23-22-18(25)15-5-2-1-3-6-15/h1-12H,13H2,(H,22,25)(H,23,26). The third kappa shape index (κ3) is 4.46. The van der Waals surface area contributed by atoms with Crippen molar-refractivity contribution in [1.29, 1.82) is 0 Å². The molecule has 2 amide bonds. The Bertz CT molecular complexity index is 1010. The normalized spacial score (nSPS) is 10.3. The Morgan fingerprint density at radius 3 is 2.22 bits per heavy atom. The predicted molar refractivity (Wildman–Crippen MR) is 97.6 cm³/mol. The molecule has 2 N–H and O–H groups in total. The van der Waals surface area contributed by atoms with Crippen LogP contribution in [0.25, 0.3) is 0 Å². The minimum absolute atomic E-state index is 0.118. The van der Waals surface area contributed by atoms with Gasteiger partial charge in [0.05, 0.1) is 6.54 Å². The van der Waals surface area contributed by atoms with E-state index < -0.39 is 17.4 Å². The number of rotatable bonds is 4. The summed E-state index contributed by atoms with van der Waals surface area (Å²) in [7, 11) is 0. The molecule has 3 aromatic rings. The van der Waals surface area contributed by atoms with Crippen LogP contribution in [0.15, 0.2) is 77.7 Å². The van der Waals surface area contributed by atoms with Gasteiger partial charge < -0.3 is 4.57 Å². The summed E-state index contributed by atoms with van der Waals surface area (Å²) in [6.07, 6.45) is 1.53. The molecule has 0 fully saturated rings. The van der Waals surface area contributed by atoms with E-state index >= 15 is 0 Å². The Hall–Kier alpha value is -3.74. The highest BCUT2D eigenvalue weighted by Gasteiger charge is 2.13. The first-order valence-electron chi connectivity index (χ1n) is 8.14. The maximum Gasteiger partial charge on any atom is 0.275 e. The van der Waals surface area contributed by atoms with E-state index in [0.717, 1.165) is 0 Å². The first-order valence-corrected chi connectivity index (χ1v) is 8.14. The lowest BCUT2D eigenvalue weighted by Crippen LogP contribution is -2.44. The number of carbonyl (C=O) groups excluding carboxylic acids is 2. The van der Waals surface area contributed by atoms with E-state index in [9.17, 15) is 18.8 Å². The minimum Gasteiger partial charge on any atom is -0.310 e. The molecule has 0 bridgehead atoms. The largest absolute Gasteiger partial charge is 0.310 e. The summed E-state index contributed by atoms with van der Waals surface area (Å²) < 4.78 is 14.3. The summed E-state index contributed by atoms with van der Waals surface area (Å²) in [5.74, 6) is -1.59. The van der Waals surface area contributed by atoms with E-state index in [2.05, 4.69) is 10.9 Å².